The van der Waals surface area contributed by atoms with Crippen molar-refractivity contribution in [2.75, 3.05) is 5.32 Å². The summed E-state index contributed by atoms with van der Waals surface area (Å²) in [6.45, 7) is 8.37. The third kappa shape index (κ3) is 3.66. The van der Waals surface area contributed by atoms with Crippen molar-refractivity contribution in [3.63, 3.8) is 0 Å². The number of anilines is 1. The summed E-state index contributed by atoms with van der Waals surface area (Å²) in [5.74, 6) is 0.285. The van der Waals surface area contributed by atoms with Gasteiger partial charge in [0.05, 0.1) is 17.2 Å². The number of rotatable bonds is 4. The molecule has 3 rings (SSSR count). The summed E-state index contributed by atoms with van der Waals surface area (Å²) in [5.41, 5.74) is 2.39. The normalized spacial score (nSPS) is 11.7. The van der Waals surface area contributed by atoms with Crippen molar-refractivity contribution in [2.24, 2.45) is 0 Å². The SMILES string of the molecule is Cc1cccc2c(=O)n(CCC(=O)Nc3cc(C(C)(C)C)[nH]n3)cnc12. The monoisotopic (exact) mass is 353 g/mol. The maximum Gasteiger partial charge on any atom is 0.261 e. The van der Waals surface area contributed by atoms with Crippen LogP contribution in [0.1, 0.15) is 38.4 Å². The fourth-order valence-electron chi connectivity index (χ4n) is 2.69. The molecule has 7 heteroatoms. The predicted octanol–water partition coefficient (Wildman–Crippen LogP) is 2.75. The zero-order valence-electron chi connectivity index (χ0n) is 15.5. The lowest BCUT2D eigenvalue weighted by Gasteiger charge is -2.14. The summed E-state index contributed by atoms with van der Waals surface area (Å²) < 4.78 is 1.46. The average molecular weight is 353 g/mol. The summed E-state index contributed by atoms with van der Waals surface area (Å²) in [5, 5.41) is 10.4. The lowest BCUT2D eigenvalue weighted by atomic mass is 9.92. The highest BCUT2D eigenvalue weighted by molar-refractivity contribution is 5.89. The van der Waals surface area contributed by atoms with E-state index in [1.165, 1.54) is 10.9 Å². The lowest BCUT2D eigenvalue weighted by molar-refractivity contribution is -0.116. The minimum absolute atomic E-state index is 0.0712. The van der Waals surface area contributed by atoms with Gasteiger partial charge in [-0.25, -0.2) is 4.98 Å². The van der Waals surface area contributed by atoms with Gasteiger partial charge >= 0.3 is 0 Å². The number of para-hydroxylation sites is 1. The molecule has 0 spiro atoms. The summed E-state index contributed by atoms with van der Waals surface area (Å²) in [4.78, 5) is 29.1. The van der Waals surface area contributed by atoms with Crippen LogP contribution in [0.15, 0.2) is 35.4 Å². The molecular weight excluding hydrogens is 330 g/mol. The number of benzene rings is 1. The second-order valence-corrected chi connectivity index (χ2v) is 7.43. The van der Waals surface area contributed by atoms with Crippen molar-refractivity contribution >= 4 is 22.6 Å². The minimum atomic E-state index is -0.201. The fraction of sp³-hybridized carbons (Fsp3) is 0.368. The third-order valence-corrected chi connectivity index (χ3v) is 4.29. The molecule has 3 aromatic rings. The largest absolute Gasteiger partial charge is 0.309 e. The lowest BCUT2D eigenvalue weighted by Crippen LogP contribution is -2.24. The summed E-state index contributed by atoms with van der Waals surface area (Å²) in [7, 11) is 0. The minimum Gasteiger partial charge on any atom is -0.309 e. The standard InChI is InChI=1S/C19H23N5O2/c1-12-6-5-7-13-17(12)20-11-24(18(13)26)9-8-16(25)21-15-10-14(22-23-15)19(2,3)4/h5-7,10-11H,8-9H2,1-4H3,(H2,21,22,23,25). The van der Waals surface area contributed by atoms with E-state index in [4.69, 9.17) is 0 Å². The Kier molecular flexibility index (Phi) is 4.63. The topological polar surface area (TPSA) is 92.7 Å². The molecule has 26 heavy (non-hydrogen) atoms. The van der Waals surface area contributed by atoms with E-state index in [1.54, 1.807) is 6.07 Å². The maximum absolute atomic E-state index is 12.5. The third-order valence-electron chi connectivity index (χ3n) is 4.29. The Bertz CT molecular complexity index is 1010. The van der Waals surface area contributed by atoms with Crippen molar-refractivity contribution in [2.45, 2.75) is 46.1 Å². The van der Waals surface area contributed by atoms with Crippen LogP contribution in [0.2, 0.25) is 0 Å². The second kappa shape index (κ2) is 6.74. The predicted molar refractivity (Wildman–Crippen MR) is 101 cm³/mol. The van der Waals surface area contributed by atoms with E-state index in [9.17, 15) is 9.59 Å². The zero-order chi connectivity index (χ0) is 18.9. The molecule has 2 heterocycles. The summed E-state index contributed by atoms with van der Waals surface area (Å²) in [6.07, 6.45) is 1.66. The van der Waals surface area contributed by atoms with E-state index in [1.807, 2.05) is 25.1 Å². The van der Waals surface area contributed by atoms with E-state index in [0.29, 0.717) is 16.7 Å². The van der Waals surface area contributed by atoms with Gasteiger partial charge in [-0.15, -0.1) is 0 Å². The molecule has 0 saturated heterocycles. The van der Waals surface area contributed by atoms with Crippen molar-refractivity contribution in [3.05, 3.63) is 52.2 Å². The molecule has 0 saturated carbocycles. The van der Waals surface area contributed by atoms with Crippen molar-refractivity contribution in [1.29, 1.82) is 0 Å². The van der Waals surface area contributed by atoms with Crippen LogP contribution in [-0.4, -0.2) is 25.7 Å². The number of hydrogen-bond donors (Lipinski definition) is 2. The number of aromatic nitrogens is 4. The number of carbonyl (C=O) groups is 1. The number of hydrogen-bond acceptors (Lipinski definition) is 4. The maximum atomic E-state index is 12.5. The number of fused-ring (bicyclic) bond motifs is 1. The summed E-state index contributed by atoms with van der Waals surface area (Å²) >= 11 is 0. The number of nitrogens with one attached hydrogen (secondary N) is 2. The van der Waals surface area contributed by atoms with Gasteiger partial charge < -0.3 is 5.32 Å². The molecule has 0 radical (unpaired) electrons. The molecule has 0 atom stereocenters. The van der Waals surface area contributed by atoms with Crippen molar-refractivity contribution in [3.8, 4) is 0 Å². The van der Waals surface area contributed by atoms with Gasteiger partial charge in [0, 0.05) is 30.1 Å². The molecule has 0 fully saturated rings. The van der Waals surface area contributed by atoms with E-state index >= 15 is 0 Å². The molecular formula is C19H23N5O2. The van der Waals surface area contributed by atoms with Crippen LogP contribution in [0.5, 0.6) is 0 Å². The van der Waals surface area contributed by atoms with Gasteiger partial charge in [0.1, 0.15) is 0 Å². The van der Waals surface area contributed by atoms with Gasteiger partial charge in [0.15, 0.2) is 5.82 Å². The molecule has 0 bridgehead atoms. The first kappa shape index (κ1) is 17.8. The first-order chi connectivity index (χ1) is 12.3. The van der Waals surface area contributed by atoms with Crippen LogP contribution in [0, 0.1) is 6.92 Å². The number of amides is 1. The molecule has 1 amide bonds. The van der Waals surface area contributed by atoms with E-state index in [-0.39, 0.29) is 29.8 Å². The Balaban J connectivity index is 1.68. The van der Waals surface area contributed by atoms with Crippen molar-refractivity contribution in [1.82, 2.24) is 19.7 Å². The van der Waals surface area contributed by atoms with Crippen LogP contribution >= 0.6 is 0 Å². The molecule has 136 valence electrons. The molecule has 2 N–H and O–H groups in total. The van der Waals surface area contributed by atoms with Crippen molar-refractivity contribution < 1.29 is 4.79 Å². The van der Waals surface area contributed by atoms with Gasteiger partial charge in [0.25, 0.3) is 5.56 Å². The first-order valence-corrected chi connectivity index (χ1v) is 8.56. The summed E-state index contributed by atoms with van der Waals surface area (Å²) in [6, 6.07) is 7.33. The van der Waals surface area contributed by atoms with Crippen LogP contribution in [0.3, 0.4) is 0 Å². The molecule has 7 nitrogen and oxygen atoms in total. The molecule has 0 aliphatic carbocycles. The number of nitrogens with zero attached hydrogens (tertiary/aromatic N) is 3. The van der Waals surface area contributed by atoms with Crippen LogP contribution in [-0.2, 0) is 16.8 Å². The van der Waals surface area contributed by atoms with E-state index < -0.39 is 0 Å². The highest BCUT2D eigenvalue weighted by Gasteiger charge is 2.17. The highest BCUT2D eigenvalue weighted by Crippen LogP contribution is 2.21. The molecule has 0 unspecified atom stereocenters. The number of H-pyrrole nitrogens is 1. The molecule has 2 aromatic heterocycles. The van der Waals surface area contributed by atoms with Crippen LogP contribution < -0.4 is 10.9 Å². The molecule has 0 aliphatic rings. The quantitative estimate of drug-likeness (QED) is 0.754. The van der Waals surface area contributed by atoms with Gasteiger partial charge in [-0.3, -0.25) is 19.3 Å². The molecule has 0 aliphatic heterocycles. The van der Waals surface area contributed by atoms with Gasteiger partial charge in [-0.2, -0.15) is 5.10 Å². The number of aryl methyl sites for hydroxylation is 2. The second-order valence-electron chi connectivity index (χ2n) is 7.43. The molecule has 1 aromatic carbocycles. The van der Waals surface area contributed by atoms with E-state index in [2.05, 4.69) is 41.3 Å². The number of carbonyl (C=O) groups excluding carboxylic acids is 1. The Morgan fingerprint density at radius 2 is 2.08 bits per heavy atom. The Labute approximate surface area is 151 Å². The fourth-order valence-corrected chi connectivity index (χ4v) is 2.69. The Morgan fingerprint density at radius 1 is 1.31 bits per heavy atom. The average Bonchev–Trinajstić information content (AvgIpc) is 3.04. The van der Waals surface area contributed by atoms with Crippen LogP contribution in [0.4, 0.5) is 5.82 Å². The van der Waals surface area contributed by atoms with Gasteiger partial charge in [0.2, 0.25) is 5.91 Å². The van der Waals surface area contributed by atoms with E-state index in [0.717, 1.165) is 11.3 Å². The van der Waals surface area contributed by atoms with Gasteiger partial charge in [-0.05, 0) is 18.6 Å². The number of aromatic amines is 1. The smallest absolute Gasteiger partial charge is 0.261 e. The first-order valence-electron chi connectivity index (χ1n) is 8.56. The zero-order valence-corrected chi connectivity index (χ0v) is 15.5. The Hall–Kier alpha value is -2.96. The van der Waals surface area contributed by atoms with Gasteiger partial charge in [-0.1, -0.05) is 32.9 Å². The Morgan fingerprint density at radius 3 is 2.77 bits per heavy atom. The highest BCUT2D eigenvalue weighted by atomic mass is 16.2. The van der Waals surface area contributed by atoms with Crippen LogP contribution in [0.25, 0.3) is 10.9 Å².